The predicted molar refractivity (Wildman–Crippen MR) is 84.1 cm³/mol. The molecule has 21 heavy (non-hydrogen) atoms. The molecule has 0 saturated heterocycles. The Balaban J connectivity index is 2.44. The molecule has 0 bridgehead atoms. The maximum atomic E-state index is 11.4. The van der Waals surface area contributed by atoms with E-state index >= 15 is 0 Å². The second-order valence-electron chi connectivity index (χ2n) is 4.61. The van der Waals surface area contributed by atoms with Gasteiger partial charge in [-0.15, -0.1) is 11.3 Å². The maximum Gasteiger partial charge on any atom is 0.336 e. The van der Waals surface area contributed by atoms with Gasteiger partial charge in [0.2, 0.25) is 0 Å². The molecule has 1 aromatic carbocycles. The first-order chi connectivity index (χ1) is 9.77. The van der Waals surface area contributed by atoms with E-state index in [1.54, 1.807) is 6.08 Å². The molecule has 1 aromatic heterocycles. The number of sulfone groups is 1. The number of thiophene rings is 1. The van der Waals surface area contributed by atoms with E-state index in [1.165, 1.54) is 35.6 Å². The molecule has 0 saturated carbocycles. The Morgan fingerprint density at radius 1 is 1.14 bits per heavy atom. The molecule has 0 fully saturated rings. The SMILES string of the molecule is Cc1ccc(/C=C(/C(=O)O)c2ccc(S(C)(=O)=O)cc2)s1. The third-order valence-electron chi connectivity index (χ3n) is 2.87. The van der Waals surface area contributed by atoms with Gasteiger partial charge in [-0.2, -0.15) is 0 Å². The summed E-state index contributed by atoms with van der Waals surface area (Å²) >= 11 is 1.50. The van der Waals surface area contributed by atoms with Crippen molar-refractivity contribution in [3.63, 3.8) is 0 Å². The molecule has 1 N–H and O–H groups in total. The molecule has 2 rings (SSSR count). The van der Waals surface area contributed by atoms with Crippen molar-refractivity contribution < 1.29 is 18.3 Å². The van der Waals surface area contributed by atoms with Crippen molar-refractivity contribution >= 4 is 38.8 Å². The fraction of sp³-hybridized carbons (Fsp3) is 0.133. The Hall–Kier alpha value is -1.92. The van der Waals surface area contributed by atoms with Crippen LogP contribution in [0.5, 0.6) is 0 Å². The summed E-state index contributed by atoms with van der Waals surface area (Å²) in [6.07, 6.45) is 2.71. The lowest BCUT2D eigenvalue weighted by atomic mass is 10.1. The summed E-state index contributed by atoms with van der Waals surface area (Å²) in [4.78, 5) is 13.5. The van der Waals surface area contributed by atoms with Crippen LogP contribution in [0.25, 0.3) is 11.6 Å². The lowest BCUT2D eigenvalue weighted by Gasteiger charge is -2.04. The first kappa shape index (κ1) is 15.5. The third kappa shape index (κ3) is 3.80. The zero-order chi connectivity index (χ0) is 15.6. The van der Waals surface area contributed by atoms with Crippen molar-refractivity contribution in [3.05, 3.63) is 51.7 Å². The third-order valence-corrected chi connectivity index (χ3v) is 4.95. The number of rotatable bonds is 4. The smallest absolute Gasteiger partial charge is 0.336 e. The van der Waals surface area contributed by atoms with Gasteiger partial charge < -0.3 is 5.11 Å². The second kappa shape index (κ2) is 5.83. The molecule has 0 aliphatic heterocycles. The monoisotopic (exact) mass is 322 g/mol. The van der Waals surface area contributed by atoms with Crippen LogP contribution >= 0.6 is 11.3 Å². The molecule has 2 aromatic rings. The van der Waals surface area contributed by atoms with Crippen molar-refractivity contribution in [2.24, 2.45) is 0 Å². The Bertz CT molecular complexity index is 796. The summed E-state index contributed by atoms with van der Waals surface area (Å²) in [7, 11) is -3.29. The highest BCUT2D eigenvalue weighted by atomic mass is 32.2. The molecule has 110 valence electrons. The van der Waals surface area contributed by atoms with E-state index in [1.807, 2.05) is 19.1 Å². The minimum atomic E-state index is -3.29. The fourth-order valence-electron chi connectivity index (χ4n) is 1.82. The molecule has 6 heteroatoms. The molecule has 0 atom stereocenters. The van der Waals surface area contributed by atoms with Gasteiger partial charge in [-0.05, 0) is 42.8 Å². The molecular formula is C15H14O4S2. The highest BCUT2D eigenvalue weighted by molar-refractivity contribution is 7.90. The average molecular weight is 322 g/mol. The predicted octanol–water partition coefficient (Wildman–Crippen LogP) is 3.09. The number of carboxylic acids is 1. The number of carboxylic acid groups (broad SMARTS) is 1. The van der Waals surface area contributed by atoms with E-state index in [-0.39, 0.29) is 10.5 Å². The summed E-state index contributed by atoms with van der Waals surface area (Å²) < 4.78 is 22.8. The summed E-state index contributed by atoms with van der Waals surface area (Å²) in [5.74, 6) is -1.05. The van der Waals surface area contributed by atoms with E-state index in [0.29, 0.717) is 5.56 Å². The highest BCUT2D eigenvalue weighted by Gasteiger charge is 2.13. The van der Waals surface area contributed by atoms with Crippen molar-refractivity contribution in [2.75, 3.05) is 6.26 Å². The van der Waals surface area contributed by atoms with Gasteiger partial charge in [0.1, 0.15) is 0 Å². The molecule has 4 nitrogen and oxygen atoms in total. The van der Waals surface area contributed by atoms with Gasteiger partial charge >= 0.3 is 5.97 Å². The molecule has 0 aliphatic rings. The first-order valence-corrected chi connectivity index (χ1v) is 8.80. The minimum Gasteiger partial charge on any atom is -0.478 e. The van der Waals surface area contributed by atoms with E-state index in [0.717, 1.165) is 16.0 Å². The van der Waals surface area contributed by atoms with Crippen LogP contribution < -0.4 is 0 Å². The van der Waals surface area contributed by atoms with Gasteiger partial charge in [0.25, 0.3) is 0 Å². The van der Waals surface area contributed by atoms with E-state index in [9.17, 15) is 18.3 Å². The van der Waals surface area contributed by atoms with E-state index in [4.69, 9.17) is 0 Å². The molecule has 0 amide bonds. The van der Waals surface area contributed by atoms with Gasteiger partial charge in [-0.25, -0.2) is 13.2 Å². The van der Waals surface area contributed by atoms with Crippen LogP contribution in [0.3, 0.4) is 0 Å². The topological polar surface area (TPSA) is 71.4 Å². The van der Waals surface area contributed by atoms with E-state index in [2.05, 4.69) is 0 Å². The Kier molecular flexibility index (Phi) is 4.29. The minimum absolute atomic E-state index is 0.136. The van der Waals surface area contributed by atoms with Crippen LogP contribution in [-0.4, -0.2) is 25.7 Å². The van der Waals surface area contributed by atoms with Gasteiger partial charge in [0, 0.05) is 16.0 Å². The van der Waals surface area contributed by atoms with Crippen molar-refractivity contribution in [3.8, 4) is 0 Å². The number of hydrogen-bond donors (Lipinski definition) is 1. The quantitative estimate of drug-likeness (QED) is 0.878. The second-order valence-corrected chi connectivity index (χ2v) is 7.94. The fourth-order valence-corrected chi connectivity index (χ4v) is 3.27. The van der Waals surface area contributed by atoms with Crippen molar-refractivity contribution in [2.45, 2.75) is 11.8 Å². The zero-order valence-electron chi connectivity index (χ0n) is 11.5. The van der Waals surface area contributed by atoms with Crippen molar-refractivity contribution in [1.82, 2.24) is 0 Å². The molecule has 0 aliphatic carbocycles. The number of aryl methyl sites for hydroxylation is 1. The van der Waals surface area contributed by atoms with Crippen LogP contribution in [0.2, 0.25) is 0 Å². The van der Waals surface area contributed by atoms with Gasteiger partial charge in [-0.3, -0.25) is 0 Å². The maximum absolute atomic E-state index is 11.4. The standard InChI is InChI=1S/C15H14O4S2/c1-10-3-6-12(20-10)9-14(15(16)17)11-4-7-13(8-5-11)21(2,18)19/h3-9H,1-2H3,(H,16,17)/b14-9+. The Morgan fingerprint density at radius 3 is 2.19 bits per heavy atom. The van der Waals surface area contributed by atoms with E-state index < -0.39 is 15.8 Å². The lowest BCUT2D eigenvalue weighted by molar-refractivity contribution is -0.130. The van der Waals surface area contributed by atoms with Gasteiger partial charge in [-0.1, -0.05) is 12.1 Å². The van der Waals surface area contributed by atoms with Gasteiger partial charge in [0.15, 0.2) is 9.84 Å². The van der Waals surface area contributed by atoms with Crippen LogP contribution in [0, 0.1) is 6.92 Å². The average Bonchev–Trinajstić information content (AvgIpc) is 2.80. The largest absolute Gasteiger partial charge is 0.478 e. The van der Waals surface area contributed by atoms with Crippen molar-refractivity contribution in [1.29, 1.82) is 0 Å². The molecule has 0 unspecified atom stereocenters. The number of carbonyl (C=O) groups is 1. The number of benzene rings is 1. The van der Waals surface area contributed by atoms with Crippen LogP contribution in [0.4, 0.5) is 0 Å². The normalized spacial score (nSPS) is 12.4. The number of aliphatic carboxylic acids is 1. The molecule has 0 spiro atoms. The first-order valence-electron chi connectivity index (χ1n) is 6.09. The Morgan fingerprint density at radius 2 is 1.76 bits per heavy atom. The lowest BCUT2D eigenvalue weighted by Crippen LogP contribution is -2.01. The number of hydrogen-bond acceptors (Lipinski definition) is 4. The summed E-state index contributed by atoms with van der Waals surface area (Å²) in [6, 6.07) is 9.63. The highest BCUT2D eigenvalue weighted by Crippen LogP contribution is 2.24. The molecule has 0 radical (unpaired) electrons. The van der Waals surface area contributed by atoms with Crippen LogP contribution in [0.1, 0.15) is 15.3 Å². The molecule has 1 heterocycles. The van der Waals surface area contributed by atoms with Crippen LogP contribution in [-0.2, 0) is 14.6 Å². The van der Waals surface area contributed by atoms with Gasteiger partial charge in [0.05, 0.1) is 10.5 Å². The summed E-state index contributed by atoms with van der Waals surface area (Å²) in [6.45, 7) is 1.95. The summed E-state index contributed by atoms with van der Waals surface area (Å²) in [5, 5.41) is 9.34. The van der Waals surface area contributed by atoms with Crippen LogP contribution in [0.15, 0.2) is 41.3 Å². The summed E-state index contributed by atoms with van der Waals surface area (Å²) in [5.41, 5.74) is 0.609. The molecular weight excluding hydrogens is 308 g/mol. The zero-order valence-corrected chi connectivity index (χ0v) is 13.2. The Labute approximate surface area is 127 Å².